The van der Waals surface area contributed by atoms with Crippen molar-refractivity contribution >= 4 is 17.5 Å². The van der Waals surface area contributed by atoms with Crippen LogP contribution < -0.4 is 4.90 Å². The number of rotatable bonds is 2. The minimum absolute atomic E-state index is 0.116. The largest absolute Gasteiger partial charge is 0.347 e. The standard InChI is InChI=1S/C18H22N2O4/c1-13-3-2-4-14(11-13)20-16(21)12-15(17(20)22)19-7-5-18(6-8-19)23-9-10-24-18/h2-4,11,15H,5-10,12H2,1H3/t15-/m0/s1. The summed E-state index contributed by atoms with van der Waals surface area (Å²) in [5, 5.41) is 0. The summed E-state index contributed by atoms with van der Waals surface area (Å²) < 4.78 is 11.5. The fourth-order valence-corrected chi connectivity index (χ4v) is 3.90. The number of hydrogen-bond acceptors (Lipinski definition) is 5. The second-order valence-corrected chi connectivity index (χ2v) is 6.77. The highest BCUT2D eigenvalue weighted by Gasteiger charge is 2.47. The van der Waals surface area contributed by atoms with Crippen molar-refractivity contribution in [3.8, 4) is 0 Å². The first-order valence-electron chi connectivity index (χ1n) is 8.53. The van der Waals surface area contributed by atoms with Gasteiger partial charge in [0.1, 0.15) is 0 Å². The van der Waals surface area contributed by atoms with Crippen LogP contribution in [0.2, 0.25) is 0 Å². The van der Waals surface area contributed by atoms with Crippen LogP contribution in [0.4, 0.5) is 5.69 Å². The topological polar surface area (TPSA) is 59.1 Å². The Morgan fingerprint density at radius 3 is 2.50 bits per heavy atom. The molecule has 6 heteroatoms. The van der Waals surface area contributed by atoms with Gasteiger partial charge in [0, 0.05) is 25.9 Å². The van der Waals surface area contributed by atoms with Gasteiger partial charge in [-0.25, -0.2) is 4.90 Å². The highest BCUT2D eigenvalue weighted by atomic mass is 16.7. The molecule has 24 heavy (non-hydrogen) atoms. The summed E-state index contributed by atoms with van der Waals surface area (Å²) in [5.41, 5.74) is 1.70. The number of carbonyl (C=O) groups excluding carboxylic acids is 2. The number of hydrogen-bond donors (Lipinski definition) is 0. The molecule has 1 spiro atoms. The van der Waals surface area contributed by atoms with Gasteiger partial charge in [0.15, 0.2) is 5.79 Å². The Bertz CT molecular complexity index is 659. The van der Waals surface area contributed by atoms with Crippen LogP contribution in [0.1, 0.15) is 24.8 Å². The van der Waals surface area contributed by atoms with Crippen LogP contribution in [0.15, 0.2) is 24.3 Å². The van der Waals surface area contributed by atoms with Crippen molar-refractivity contribution in [3.63, 3.8) is 0 Å². The molecule has 0 saturated carbocycles. The monoisotopic (exact) mass is 330 g/mol. The zero-order valence-electron chi connectivity index (χ0n) is 13.9. The number of nitrogens with zero attached hydrogens (tertiary/aromatic N) is 2. The molecular weight excluding hydrogens is 308 g/mol. The Hall–Kier alpha value is -1.76. The second-order valence-electron chi connectivity index (χ2n) is 6.77. The molecule has 3 saturated heterocycles. The molecule has 0 radical (unpaired) electrons. The Kier molecular flexibility index (Phi) is 3.90. The van der Waals surface area contributed by atoms with Gasteiger partial charge in [0.25, 0.3) is 5.91 Å². The molecule has 0 bridgehead atoms. The predicted octanol–water partition coefficient (Wildman–Crippen LogP) is 1.47. The van der Waals surface area contributed by atoms with Crippen molar-refractivity contribution < 1.29 is 19.1 Å². The molecule has 0 aliphatic carbocycles. The van der Waals surface area contributed by atoms with E-state index >= 15 is 0 Å². The third kappa shape index (κ3) is 2.64. The van der Waals surface area contributed by atoms with Gasteiger partial charge in [-0.1, -0.05) is 12.1 Å². The van der Waals surface area contributed by atoms with E-state index in [1.807, 2.05) is 31.2 Å². The summed E-state index contributed by atoms with van der Waals surface area (Å²) in [7, 11) is 0. The van der Waals surface area contributed by atoms with E-state index in [-0.39, 0.29) is 24.3 Å². The van der Waals surface area contributed by atoms with Crippen molar-refractivity contribution in [1.29, 1.82) is 0 Å². The Morgan fingerprint density at radius 2 is 1.83 bits per heavy atom. The first-order chi connectivity index (χ1) is 11.6. The number of aryl methyl sites for hydroxylation is 1. The number of amides is 2. The van der Waals surface area contributed by atoms with E-state index in [0.717, 1.165) is 18.4 Å². The van der Waals surface area contributed by atoms with E-state index in [9.17, 15) is 9.59 Å². The molecule has 3 aliphatic heterocycles. The lowest BCUT2D eigenvalue weighted by molar-refractivity contribution is -0.188. The molecule has 1 aromatic carbocycles. The first kappa shape index (κ1) is 15.7. The minimum Gasteiger partial charge on any atom is -0.347 e. The highest BCUT2D eigenvalue weighted by molar-refractivity contribution is 6.22. The molecule has 6 nitrogen and oxygen atoms in total. The number of ether oxygens (including phenoxy) is 2. The van der Waals surface area contributed by atoms with E-state index in [1.165, 1.54) is 4.90 Å². The molecule has 3 heterocycles. The summed E-state index contributed by atoms with van der Waals surface area (Å²) >= 11 is 0. The molecule has 0 unspecified atom stereocenters. The normalized spacial score (nSPS) is 27.4. The van der Waals surface area contributed by atoms with Crippen LogP contribution in [0.5, 0.6) is 0 Å². The molecule has 3 aliphatic rings. The minimum atomic E-state index is -0.460. The maximum atomic E-state index is 12.8. The molecule has 1 aromatic rings. The molecule has 2 amide bonds. The second kappa shape index (κ2) is 5.95. The van der Waals surface area contributed by atoms with Gasteiger partial charge in [-0.15, -0.1) is 0 Å². The summed E-state index contributed by atoms with van der Waals surface area (Å²) in [4.78, 5) is 28.7. The third-order valence-electron chi connectivity index (χ3n) is 5.20. The van der Waals surface area contributed by atoms with Gasteiger partial charge in [-0.3, -0.25) is 14.5 Å². The van der Waals surface area contributed by atoms with Crippen LogP contribution in [0, 0.1) is 6.92 Å². The van der Waals surface area contributed by atoms with E-state index in [1.54, 1.807) is 0 Å². The van der Waals surface area contributed by atoms with Gasteiger partial charge in [0.05, 0.1) is 31.4 Å². The smallest absolute Gasteiger partial charge is 0.251 e. The Morgan fingerprint density at radius 1 is 1.12 bits per heavy atom. The summed E-state index contributed by atoms with van der Waals surface area (Å²) in [6.45, 7) is 4.67. The molecular formula is C18H22N2O4. The summed E-state index contributed by atoms with van der Waals surface area (Å²) in [6.07, 6.45) is 1.74. The van der Waals surface area contributed by atoms with Crippen LogP contribution in [-0.4, -0.2) is 54.8 Å². The van der Waals surface area contributed by atoms with Crippen molar-refractivity contribution in [1.82, 2.24) is 4.90 Å². The number of carbonyl (C=O) groups is 2. The third-order valence-corrected chi connectivity index (χ3v) is 5.20. The molecule has 0 N–H and O–H groups in total. The predicted molar refractivity (Wildman–Crippen MR) is 87.5 cm³/mol. The quantitative estimate of drug-likeness (QED) is 0.769. The van der Waals surface area contributed by atoms with Gasteiger partial charge in [-0.05, 0) is 24.6 Å². The van der Waals surface area contributed by atoms with Gasteiger partial charge >= 0.3 is 0 Å². The van der Waals surface area contributed by atoms with E-state index in [0.29, 0.717) is 32.0 Å². The van der Waals surface area contributed by atoms with E-state index in [4.69, 9.17) is 9.47 Å². The first-order valence-corrected chi connectivity index (χ1v) is 8.53. The Balaban J connectivity index is 1.48. The molecule has 0 aromatic heterocycles. The van der Waals surface area contributed by atoms with Crippen molar-refractivity contribution in [3.05, 3.63) is 29.8 Å². The van der Waals surface area contributed by atoms with Crippen molar-refractivity contribution in [2.45, 2.75) is 38.0 Å². The lowest BCUT2D eigenvalue weighted by atomic mass is 10.0. The van der Waals surface area contributed by atoms with Crippen LogP contribution in [0.3, 0.4) is 0 Å². The van der Waals surface area contributed by atoms with Crippen LogP contribution >= 0.6 is 0 Å². The van der Waals surface area contributed by atoms with E-state index < -0.39 is 5.79 Å². The highest BCUT2D eigenvalue weighted by Crippen LogP contribution is 2.34. The number of imide groups is 1. The summed E-state index contributed by atoms with van der Waals surface area (Å²) in [5.74, 6) is -0.697. The molecule has 4 rings (SSSR count). The fourth-order valence-electron chi connectivity index (χ4n) is 3.90. The summed E-state index contributed by atoms with van der Waals surface area (Å²) in [6, 6.07) is 7.16. The maximum absolute atomic E-state index is 12.8. The van der Waals surface area contributed by atoms with Gasteiger partial charge in [-0.2, -0.15) is 0 Å². The van der Waals surface area contributed by atoms with Gasteiger partial charge < -0.3 is 9.47 Å². The van der Waals surface area contributed by atoms with Gasteiger partial charge in [0.2, 0.25) is 5.91 Å². The van der Waals surface area contributed by atoms with E-state index in [2.05, 4.69) is 4.90 Å². The molecule has 128 valence electrons. The van der Waals surface area contributed by atoms with Crippen LogP contribution in [-0.2, 0) is 19.1 Å². The lowest BCUT2D eigenvalue weighted by Crippen LogP contribution is -2.51. The van der Waals surface area contributed by atoms with Crippen molar-refractivity contribution in [2.75, 3.05) is 31.2 Å². The van der Waals surface area contributed by atoms with Crippen molar-refractivity contribution in [2.24, 2.45) is 0 Å². The Labute approximate surface area is 141 Å². The number of anilines is 1. The number of likely N-dealkylation sites (tertiary alicyclic amines) is 1. The average Bonchev–Trinajstić information content (AvgIpc) is 3.13. The zero-order chi connectivity index (χ0) is 16.7. The zero-order valence-corrected chi connectivity index (χ0v) is 13.9. The number of benzene rings is 1. The molecule has 3 fully saturated rings. The SMILES string of the molecule is Cc1cccc(N2C(=O)C[C@H](N3CCC4(CC3)OCCO4)C2=O)c1. The fraction of sp³-hybridized carbons (Fsp3) is 0.556. The maximum Gasteiger partial charge on any atom is 0.251 e. The number of piperidine rings is 1. The average molecular weight is 330 g/mol. The lowest BCUT2D eigenvalue weighted by Gasteiger charge is -2.39. The molecule has 1 atom stereocenters. The van der Waals surface area contributed by atoms with Crippen LogP contribution in [0.25, 0.3) is 0 Å².